The number of anilines is 1. The molecule has 0 aliphatic carbocycles. The maximum Gasteiger partial charge on any atom is 0.274 e. The molecule has 34 heavy (non-hydrogen) atoms. The number of methoxy groups -OCH3 is 1. The largest absolute Gasteiger partial charge is 0.497 e. The van der Waals surface area contributed by atoms with Crippen molar-refractivity contribution in [1.82, 2.24) is 19.6 Å². The van der Waals surface area contributed by atoms with Crippen LogP contribution in [0.4, 0.5) is 5.69 Å². The Hall–Kier alpha value is -3.81. The number of fused-ring (bicyclic) bond motifs is 1. The number of amides is 2. The van der Waals surface area contributed by atoms with Crippen molar-refractivity contribution in [3.8, 4) is 5.75 Å². The van der Waals surface area contributed by atoms with Crippen molar-refractivity contribution in [3.63, 3.8) is 0 Å². The van der Waals surface area contributed by atoms with Gasteiger partial charge in [0.25, 0.3) is 11.8 Å². The minimum Gasteiger partial charge on any atom is -0.497 e. The van der Waals surface area contributed by atoms with E-state index >= 15 is 0 Å². The van der Waals surface area contributed by atoms with Crippen molar-refractivity contribution >= 4 is 17.5 Å². The van der Waals surface area contributed by atoms with E-state index in [1.165, 1.54) is 0 Å². The second-order valence-corrected chi connectivity index (χ2v) is 8.68. The molecular weight excluding hydrogens is 430 g/mol. The molecule has 0 radical (unpaired) electrons. The minimum atomic E-state index is -0.114. The van der Waals surface area contributed by atoms with E-state index < -0.39 is 0 Å². The fraction of sp³-hybridized carbons (Fsp3) is 0.346. The predicted octanol–water partition coefficient (Wildman–Crippen LogP) is 2.90. The summed E-state index contributed by atoms with van der Waals surface area (Å²) in [7, 11) is 1.66. The molecule has 1 fully saturated rings. The first-order valence-electron chi connectivity index (χ1n) is 11.7. The van der Waals surface area contributed by atoms with Crippen molar-refractivity contribution < 1.29 is 14.3 Å². The third kappa shape index (κ3) is 4.48. The van der Waals surface area contributed by atoms with E-state index in [0.29, 0.717) is 44.1 Å². The second kappa shape index (κ2) is 9.59. The first-order valence-corrected chi connectivity index (χ1v) is 11.7. The van der Waals surface area contributed by atoms with Gasteiger partial charge in [-0.1, -0.05) is 30.3 Å². The van der Waals surface area contributed by atoms with Gasteiger partial charge in [0, 0.05) is 57.6 Å². The lowest BCUT2D eigenvalue weighted by atomic mass is 10.2. The zero-order valence-electron chi connectivity index (χ0n) is 19.4. The maximum absolute atomic E-state index is 13.2. The Morgan fingerprint density at radius 1 is 0.941 bits per heavy atom. The molecule has 0 spiro atoms. The molecule has 2 amide bonds. The van der Waals surface area contributed by atoms with Crippen LogP contribution in [0.15, 0.2) is 60.7 Å². The molecule has 3 heterocycles. The van der Waals surface area contributed by atoms with Crippen molar-refractivity contribution in [2.75, 3.05) is 44.7 Å². The highest BCUT2D eigenvalue weighted by atomic mass is 16.5. The fourth-order valence-electron chi connectivity index (χ4n) is 4.62. The van der Waals surface area contributed by atoms with E-state index in [1.807, 2.05) is 64.4 Å². The van der Waals surface area contributed by atoms with Crippen LogP contribution in [-0.4, -0.2) is 71.2 Å². The molecule has 2 aromatic carbocycles. The van der Waals surface area contributed by atoms with Crippen LogP contribution in [0.5, 0.6) is 5.75 Å². The number of ether oxygens (including phenoxy) is 1. The summed E-state index contributed by atoms with van der Waals surface area (Å²) in [6.45, 7) is 4.58. The van der Waals surface area contributed by atoms with Crippen LogP contribution in [-0.2, 0) is 13.1 Å². The summed E-state index contributed by atoms with van der Waals surface area (Å²) in [6.07, 6.45) is 0.807. The van der Waals surface area contributed by atoms with Crippen LogP contribution in [0.25, 0.3) is 0 Å². The summed E-state index contributed by atoms with van der Waals surface area (Å²) in [4.78, 5) is 32.4. The number of rotatable bonds is 5. The minimum absolute atomic E-state index is 0.0720. The van der Waals surface area contributed by atoms with Gasteiger partial charge in [-0.15, -0.1) is 0 Å². The van der Waals surface area contributed by atoms with Gasteiger partial charge in [0.1, 0.15) is 11.4 Å². The van der Waals surface area contributed by atoms with Gasteiger partial charge >= 0.3 is 0 Å². The molecule has 0 bridgehead atoms. The average Bonchev–Trinajstić information content (AvgIpc) is 3.26. The lowest BCUT2D eigenvalue weighted by molar-refractivity contribution is 0.0738. The highest BCUT2D eigenvalue weighted by Crippen LogP contribution is 2.22. The third-order valence-corrected chi connectivity index (χ3v) is 6.52. The van der Waals surface area contributed by atoms with Gasteiger partial charge in [0.15, 0.2) is 5.69 Å². The van der Waals surface area contributed by atoms with Crippen LogP contribution >= 0.6 is 0 Å². The Morgan fingerprint density at radius 2 is 1.68 bits per heavy atom. The maximum atomic E-state index is 13.2. The molecule has 176 valence electrons. The molecule has 3 aromatic rings. The number of hydrogen-bond acceptors (Lipinski definition) is 5. The molecule has 8 nitrogen and oxygen atoms in total. The number of aryl methyl sites for hydroxylation is 1. The van der Waals surface area contributed by atoms with E-state index in [9.17, 15) is 9.59 Å². The monoisotopic (exact) mass is 459 g/mol. The van der Waals surface area contributed by atoms with E-state index in [1.54, 1.807) is 17.9 Å². The SMILES string of the molecule is COc1ccc(N2CCN(C(=O)c3cc4n(n3)CCCN(Cc3ccccc3)C4=O)CC2)cc1. The summed E-state index contributed by atoms with van der Waals surface area (Å²) in [6, 6.07) is 19.6. The van der Waals surface area contributed by atoms with Crippen LogP contribution in [0.3, 0.4) is 0 Å². The summed E-state index contributed by atoms with van der Waals surface area (Å²) < 4.78 is 6.94. The third-order valence-electron chi connectivity index (χ3n) is 6.52. The lowest BCUT2D eigenvalue weighted by Gasteiger charge is -2.35. The fourth-order valence-corrected chi connectivity index (χ4v) is 4.62. The van der Waals surface area contributed by atoms with Gasteiger partial charge in [-0.3, -0.25) is 14.3 Å². The van der Waals surface area contributed by atoms with E-state index in [4.69, 9.17) is 4.74 Å². The molecular formula is C26H29N5O3. The topological polar surface area (TPSA) is 70.9 Å². The van der Waals surface area contributed by atoms with E-state index in [0.717, 1.165) is 36.5 Å². The summed E-state index contributed by atoms with van der Waals surface area (Å²) in [5.41, 5.74) is 3.05. The molecule has 0 N–H and O–H groups in total. The van der Waals surface area contributed by atoms with Crippen molar-refractivity contribution in [2.45, 2.75) is 19.5 Å². The van der Waals surface area contributed by atoms with Crippen LogP contribution in [0.1, 0.15) is 33.0 Å². The van der Waals surface area contributed by atoms with Crippen molar-refractivity contribution in [3.05, 3.63) is 77.6 Å². The van der Waals surface area contributed by atoms with Crippen LogP contribution < -0.4 is 9.64 Å². The Morgan fingerprint density at radius 3 is 2.38 bits per heavy atom. The number of piperazine rings is 1. The van der Waals surface area contributed by atoms with Crippen LogP contribution in [0, 0.1) is 0 Å². The number of carbonyl (C=O) groups excluding carboxylic acids is 2. The number of nitrogens with zero attached hydrogens (tertiary/aromatic N) is 5. The summed E-state index contributed by atoms with van der Waals surface area (Å²) in [5, 5.41) is 4.52. The highest BCUT2D eigenvalue weighted by molar-refractivity contribution is 5.98. The first kappa shape index (κ1) is 22.0. The van der Waals surface area contributed by atoms with Gasteiger partial charge in [-0.2, -0.15) is 5.10 Å². The summed E-state index contributed by atoms with van der Waals surface area (Å²) in [5.74, 6) is 0.642. The molecule has 0 atom stereocenters. The van der Waals surface area contributed by atoms with Gasteiger partial charge in [0.2, 0.25) is 0 Å². The highest BCUT2D eigenvalue weighted by Gasteiger charge is 2.29. The Balaban J connectivity index is 1.25. The predicted molar refractivity (Wildman–Crippen MR) is 129 cm³/mol. The number of carbonyl (C=O) groups is 2. The lowest BCUT2D eigenvalue weighted by Crippen LogP contribution is -2.48. The van der Waals surface area contributed by atoms with Crippen molar-refractivity contribution in [1.29, 1.82) is 0 Å². The quantitative estimate of drug-likeness (QED) is 0.587. The molecule has 0 unspecified atom stereocenters. The standard InChI is InChI=1S/C26H29N5O3/c1-34-22-10-8-21(9-11-22)28-14-16-29(17-15-28)25(32)23-18-24-26(33)30(12-5-13-31(24)27-23)19-20-6-3-2-4-7-20/h2-4,6-11,18H,5,12-17,19H2,1H3. The number of benzene rings is 2. The molecule has 1 saturated heterocycles. The molecule has 2 aliphatic heterocycles. The number of aromatic nitrogens is 2. The smallest absolute Gasteiger partial charge is 0.274 e. The van der Waals surface area contributed by atoms with E-state index in [-0.39, 0.29) is 11.8 Å². The molecule has 2 aliphatic rings. The molecule has 8 heteroatoms. The Labute approximate surface area is 199 Å². The van der Waals surface area contributed by atoms with Crippen LogP contribution in [0.2, 0.25) is 0 Å². The molecule has 0 saturated carbocycles. The van der Waals surface area contributed by atoms with E-state index in [2.05, 4.69) is 10.00 Å². The molecule has 5 rings (SSSR count). The number of hydrogen-bond donors (Lipinski definition) is 0. The average molecular weight is 460 g/mol. The van der Waals surface area contributed by atoms with Crippen molar-refractivity contribution in [2.24, 2.45) is 0 Å². The second-order valence-electron chi connectivity index (χ2n) is 8.68. The van der Waals surface area contributed by atoms with Gasteiger partial charge in [-0.25, -0.2) is 0 Å². The summed E-state index contributed by atoms with van der Waals surface area (Å²) >= 11 is 0. The van der Waals surface area contributed by atoms with Gasteiger partial charge < -0.3 is 19.4 Å². The Bertz CT molecular complexity index is 1150. The van der Waals surface area contributed by atoms with Gasteiger partial charge in [-0.05, 0) is 36.2 Å². The normalized spacial score (nSPS) is 16.3. The molecule has 1 aromatic heterocycles. The first-order chi connectivity index (χ1) is 16.6. The zero-order valence-corrected chi connectivity index (χ0v) is 19.4. The Kier molecular flexibility index (Phi) is 6.20. The van der Waals surface area contributed by atoms with Gasteiger partial charge in [0.05, 0.1) is 7.11 Å². The zero-order chi connectivity index (χ0) is 23.5.